The number of carboxylic acid groups (broad SMARTS) is 1. The van der Waals surface area contributed by atoms with Gasteiger partial charge < -0.3 is 10.4 Å². The molecule has 2 rings (SSSR count). The first-order valence-electron chi connectivity index (χ1n) is 5.51. The lowest BCUT2D eigenvalue weighted by atomic mass is 10.1. The zero-order valence-corrected chi connectivity index (χ0v) is 12.2. The highest BCUT2D eigenvalue weighted by Gasteiger charge is 2.17. The zero-order chi connectivity index (χ0) is 14.7. The van der Waals surface area contributed by atoms with Gasteiger partial charge in [-0.05, 0) is 52.9 Å². The number of nitro benzene ring substituents is 1. The minimum atomic E-state index is -1.20. The second-order valence-electron chi connectivity index (χ2n) is 3.93. The summed E-state index contributed by atoms with van der Waals surface area (Å²) in [5.41, 5.74) is 0.554. The van der Waals surface area contributed by atoms with Crippen LogP contribution in [0.25, 0.3) is 0 Å². The first-order valence-corrected chi connectivity index (χ1v) is 6.59. The van der Waals surface area contributed by atoms with E-state index >= 15 is 0 Å². The molecule has 0 aliphatic rings. The SMILES string of the molecule is O=C(O)c1ccc(Nc2cccc(I)c2)c([N+](=O)[O-])c1. The van der Waals surface area contributed by atoms with Gasteiger partial charge in [-0.2, -0.15) is 0 Å². The highest BCUT2D eigenvalue weighted by molar-refractivity contribution is 14.1. The molecule has 0 fully saturated rings. The average molecular weight is 384 g/mol. The molecule has 6 nitrogen and oxygen atoms in total. The standard InChI is InChI=1S/C13H9IN2O4/c14-9-2-1-3-10(7-9)15-11-5-4-8(13(17)18)6-12(11)16(19)20/h1-7,15H,(H,17,18). The summed E-state index contributed by atoms with van der Waals surface area (Å²) >= 11 is 2.13. The number of benzene rings is 2. The van der Waals surface area contributed by atoms with Crippen LogP contribution in [0.1, 0.15) is 10.4 Å². The molecule has 0 radical (unpaired) electrons. The number of anilines is 2. The van der Waals surface area contributed by atoms with E-state index in [1.165, 1.54) is 12.1 Å². The third-order valence-electron chi connectivity index (χ3n) is 2.55. The Morgan fingerprint density at radius 3 is 2.60 bits per heavy atom. The number of nitrogens with one attached hydrogen (secondary N) is 1. The van der Waals surface area contributed by atoms with Gasteiger partial charge in [0.25, 0.3) is 5.69 Å². The summed E-state index contributed by atoms with van der Waals surface area (Å²) in [5.74, 6) is -1.20. The first kappa shape index (κ1) is 14.3. The molecule has 0 atom stereocenters. The molecular formula is C13H9IN2O4. The van der Waals surface area contributed by atoms with Crippen molar-refractivity contribution in [3.63, 3.8) is 0 Å². The van der Waals surface area contributed by atoms with Crippen LogP contribution >= 0.6 is 22.6 Å². The fourth-order valence-electron chi connectivity index (χ4n) is 1.64. The van der Waals surface area contributed by atoms with Gasteiger partial charge >= 0.3 is 5.97 Å². The molecule has 0 saturated heterocycles. The smallest absolute Gasteiger partial charge is 0.335 e. The van der Waals surface area contributed by atoms with Gasteiger partial charge in [0.05, 0.1) is 10.5 Å². The number of rotatable bonds is 4. The fourth-order valence-corrected chi connectivity index (χ4v) is 2.19. The maximum Gasteiger partial charge on any atom is 0.335 e. The molecule has 0 aliphatic heterocycles. The molecule has 2 N–H and O–H groups in total. The molecule has 0 aliphatic carbocycles. The van der Waals surface area contributed by atoms with Crippen LogP contribution in [0, 0.1) is 13.7 Å². The summed E-state index contributed by atoms with van der Waals surface area (Å²) in [6.07, 6.45) is 0. The topological polar surface area (TPSA) is 92.5 Å². The van der Waals surface area contributed by atoms with Gasteiger partial charge in [0.15, 0.2) is 0 Å². The van der Waals surface area contributed by atoms with E-state index in [9.17, 15) is 14.9 Å². The fraction of sp³-hybridized carbons (Fsp3) is 0. The van der Waals surface area contributed by atoms with Gasteiger partial charge in [-0.25, -0.2) is 4.79 Å². The Kier molecular flexibility index (Phi) is 4.18. The Bertz CT molecular complexity index is 688. The third kappa shape index (κ3) is 3.23. The molecular weight excluding hydrogens is 375 g/mol. The first-order chi connectivity index (χ1) is 9.47. The van der Waals surface area contributed by atoms with Crippen LogP contribution in [0.2, 0.25) is 0 Å². The molecule has 2 aromatic carbocycles. The molecule has 0 saturated carbocycles. The molecule has 0 spiro atoms. The number of hydrogen-bond donors (Lipinski definition) is 2. The number of hydrogen-bond acceptors (Lipinski definition) is 4. The van der Waals surface area contributed by atoms with Gasteiger partial charge in [0.1, 0.15) is 5.69 Å². The Morgan fingerprint density at radius 1 is 1.25 bits per heavy atom. The van der Waals surface area contributed by atoms with Crippen molar-refractivity contribution in [3.05, 3.63) is 61.7 Å². The number of nitrogens with zero attached hydrogens (tertiary/aromatic N) is 1. The van der Waals surface area contributed by atoms with Crippen molar-refractivity contribution >= 4 is 45.6 Å². The lowest BCUT2D eigenvalue weighted by Crippen LogP contribution is -2.01. The Balaban J connectivity index is 2.41. The van der Waals surface area contributed by atoms with Gasteiger partial charge in [0.2, 0.25) is 0 Å². The highest BCUT2D eigenvalue weighted by Crippen LogP contribution is 2.29. The molecule has 0 amide bonds. The lowest BCUT2D eigenvalue weighted by molar-refractivity contribution is -0.383. The summed E-state index contributed by atoms with van der Waals surface area (Å²) in [4.78, 5) is 21.3. The van der Waals surface area contributed by atoms with Crippen LogP contribution < -0.4 is 5.32 Å². The average Bonchev–Trinajstić information content (AvgIpc) is 2.38. The van der Waals surface area contributed by atoms with E-state index in [1.807, 2.05) is 18.2 Å². The minimum Gasteiger partial charge on any atom is -0.478 e. The highest BCUT2D eigenvalue weighted by atomic mass is 127. The second kappa shape index (κ2) is 5.87. The maximum atomic E-state index is 11.0. The van der Waals surface area contributed by atoms with Gasteiger partial charge in [0, 0.05) is 15.3 Å². The number of nitro groups is 1. The molecule has 2 aromatic rings. The van der Waals surface area contributed by atoms with E-state index in [2.05, 4.69) is 27.9 Å². The van der Waals surface area contributed by atoms with Crippen LogP contribution in [0.15, 0.2) is 42.5 Å². The Hall–Kier alpha value is -2.16. The summed E-state index contributed by atoms with van der Waals surface area (Å²) in [6.45, 7) is 0. The van der Waals surface area contributed by atoms with Crippen LogP contribution in [-0.2, 0) is 0 Å². The van der Waals surface area contributed by atoms with Crippen molar-refractivity contribution in [3.8, 4) is 0 Å². The summed E-state index contributed by atoms with van der Waals surface area (Å²) in [6, 6.07) is 11.1. The van der Waals surface area contributed by atoms with Crippen LogP contribution in [0.4, 0.5) is 17.1 Å². The largest absolute Gasteiger partial charge is 0.478 e. The van der Waals surface area contributed by atoms with Gasteiger partial charge in [-0.1, -0.05) is 6.07 Å². The molecule has 0 bridgehead atoms. The van der Waals surface area contributed by atoms with Crippen molar-refractivity contribution in [2.75, 3.05) is 5.32 Å². The predicted molar refractivity (Wildman–Crippen MR) is 82.5 cm³/mol. The maximum absolute atomic E-state index is 11.0. The Labute approximate surface area is 127 Å². The minimum absolute atomic E-state index is 0.120. The summed E-state index contributed by atoms with van der Waals surface area (Å²) in [5, 5.41) is 22.8. The zero-order valence-electron chi connectivity index (χ0n) is 10.0. The molecule has 20 heavy (non-hydrogen) atoms. The summed E-state index contributed by atoms with van der Waals surface area (Å²) < 4.78 is 0.984. The quantitative estimate of drug-likeness (QED) is 0.477. The van der Waals surface area contributed by atoms with E-state index in [0.717, 1.165) is 9.64 Å². The third-order valence-corrected chi connectivity index (χ3v) is 3.22. The van der Waals surface area contributed by atoms with Gasteiger partial charge in [-0.3, -0.25) is 10.1 Å². The molecule has 0 aromatic heterocycles. The van der Waals surface area contributed by atoms with E-state index < -0.39 is 10.9 Å². The number of carboxylic acids is 1. The Morgan fingerprint density at radius 2 is 2.00 bits per heavy atom. The van der Waals surface area contributed by atoms with Gasteiger partial charge in [-0.15, -0.1) is 0 Å². The molecule has 7 heteroatoms. The predicted octanol–water partition coefficient (Wildman–Crippen LogP) is 3.64. The second-order valence-corrected chi connectivity index (χ2v) is 5.18. The lowest BCUT2D eigenvalue weighted by Gasteiger charge is -2.08. The van der Waals surface area contributed by atoms with Crippen molar-refractivity contribution in [1.82, 2.24) is 0 Å². The van der Waals surface area contributed by atoms with Crippen molar-refractivity contribution in [1.29, 1.82) is 0 Å². The number of carbonyl (C=O) groups is 1. The molecule has 102 valence electrons. The van der Waals surface area contributed by atoms with Crippen molar-refractivity contribution in [2.24, 2.45) is 0 Å². The monoisotopic (exact) mass is 384 g/mol. The molecule has 0 unspecified atom stereocenters. The van der Waals surface area contributed by atoms with Crippen LogP contribution in [0.5, 0.6) is 0 Å². The van der Waals surface area contributed by atoms with Crippen LogP contribution in [-0.4, -0.2) is 16.0 Å². The van der Waals surface area contributed by atoms with E-state index in [0.29, 0.717) is 5.69 Å². The van der Waals surface area contributed by atoms with Crippen LogP contribution in [0.3, 0.4) is 0 Å². The number of aromatic carboxylic acids is 1. The summed E-state index contributed by atoms with van der Waals surface area (Å²) in [7, 11) is 0. The van der Waals surface area contributed by atoms with E-state index in [1.54, 1.807) is 6.07 Å². The van der Waals surface area contributed by atoms with Crippen molar-refractivity contribution in [2.45, 2.75) is 0 Å². The van der Waals surface area contributed by atoms with Crippen molar-refractivity contribution < 1.29 is 14.8 Å². The number of halogens is 1. The molecule has 0 heterocycles. The van der Waals surface area contributed by atoms with E-state index in [4.69, 9.17) is 5.11 Å². The van der Waals surface area contributed by atoms with E-state index in [-0.39, 0.29) is 16.9 Å². The normalized spacial score (nSPS) is 10.1.